The summed E-state index contributed by atoms with van der Waals surface area (Å²) >= 11 is 6.08. The van der Waals surface area contributed by atoms with E-state index in [0.717, 1.165) is 10.7 Å². The van der Waals surface area contributed by atoms with Gasteiger partial charge in [-0.15, -0.1) is 0 Å². The number of hydrogen-bond donors (Lipinski definition) is 1. The molecule has 1 atom stereocenters. The first-order valence-electron chi connectivity index (χ1n) is 7.15. The number of fused-ring (bicyclic) bond motifs is 1. The van der Waals surface area contributed by atoms with Crippen LogP contribution in [0.5, 0.6) is 0 Å². The van der Waals surface area contributed by atoms with Crippen molar-refractivity contribution in [3.05, 3.63) is 76.8 Å². The van der Waals surface area contributed by atoms with Crippen molar-refractivity contribution in [1.82, 2.24) is 0 Å². The van der Waals surface area contributed by atoms with Gasteiger partial charge in [-0.25, -0.2) is 0 Å². The summed E-state index contributed by atoms with van der Waals surface area (Å²) in [5.41, 5.74) is 3.56. The van der Waals surface area contributed by atoms with E-state index < -0.39 is 0 Å². The van der Waals surface area contributed by atoms with Crippen LogP contribution in [0.25, 0.3) is 10.8 Å². The van der Waals surface area contributed by atoms with E-state index >= 15 is 0 Å². The Bertz CT molecular complexity index is 779. The molecular formula is C19H18ClN. The average Bonchev–Trinajstić information content (AvgIpc) is 2.50. The summed E-state index contributed by atoms with van der Waals surface area (Å²) in [6.45, 7) is 4.26. The van der Waals surface area contributed by atoms with Crippen LogP contribution in [0.4, 0.5) is 5.69 Å². The van der Waals surface area contributed by atoms with Crippen LogP contribution >= 0.6 is 11.6 Å². The van der Waals surface area contributed by atoms with Crippen molar-refractivity contribution in [3.63, 3.8) is 0 Å². The molecule has 2 heteroatoms. The molecule has 0 saturated heterocycles. The third kappa shape index (κ3) is 3.03. The third-order valence-electron chi connectivity index (χ3n) is 3.85. The minimum absolute atomic E-state index is 0.228. The van der Waals surface area contributed by atoms with E-state index in [1.165, 1.54) is 21.9 Å². The van der Waals surface area contributed by atoms with Gasteiger partial charge in [-0.2, -0.15) is 0 Å². The van der Waals surface area contributed by atoms with Crippen molar-refractivity contribution >= 4 is 28.1 Å². The summed E-state index contributed by atoms with van der Waals surface area (Å²) in [7, 11) is 0. The SMILES string of the molecule is Cc1ccc(Cl)cc1NC(C)c1ccc2ccccc2c1. The monoisotopic (exact) mass is 295 g/mol. The molecule has 0 aliphatic heterocycles. The molecule has 1 N–H and O–H groups in total. The van der Waals surface area contributed by atoms with Crippen LogP contribution in [0.3, 0.4) is 0 Å². The van der Waals surface area contributed by atoms with Crippen LogP contribution in [-0.4, -0.2) is 0 Å². The second-order valence-corrected chi connectivity index (χ2v) is 5.87. The fourth-order valence-corrected chi connectivity index (χ4v) is 2.72. The predicted molar refractivity (Wildman–Crippen MR) is 92.2 cm³/mol. The van der Waals surface area contributed by atoms with Crippen LogP contribution in [-0.2, 0) is 0 Å². The zero-order valence-corrected chi connectivity index (χ0v) is 13.0. The second-order valence-electron chi connectivity index (χ2n) is 5.43. The normalized spacial score (nSPS) is 12.3. The number of hydrogen-bond acceptors (Lipinski definition) is 1. The van der Waals surface area contributed by atoms with E-state index in [2.05, 4.69) is 61.6 Å². The predicted octanol–water partition coefficient (Wildman–Crippen LogP) is 5.97. The summed E-state index contributed by atoms with van der Waals surface area (Å²) in [6, 6.07) is 21.2. The maximum absolute atomic E-state index is 6.08. The molecule has 0 aliphatic rings. The van der Waals surface area contributed by atoms with Crippen molar-refractivity contribution < 1.29 is 0 Å². The van der Waals surface area contributed by atoms with E-state index in [9.17, 15) is 0 Å². The molecule has 0 spiro atoms. The molecule has 0 aromatic heterocycles. The maximum Gasteiger partial charge on any atom is 0.0485 e. The number of benzene rings is 3. The van der Waals surface area contributed by atoms with Gasteiger partial charge in [-0.05, 0) is 53.9 Å². The molecule has 0 heterocycles. The summed E-state index contributed by atoms with van der Waals surface area (Å²) in [4.78, 5) is 0. The highest BCUT2D eigenvalue weighted by molar-refractivity contribution is 6.30. The van der Waals surface area contributed by atoms with Crippen LogP contribution < -0.4 is 5.32 Å². The summed E-state index contributed by atoms with van der Waals surface area (Å²) in [5.74, 6) is 0. The van der Waals surface area contributed by atoms with Crippen LogP contribution in [0.15, 0.2) is 60.7 Å². The van der Waals surface area contributed by atoms with E-state index in [0.29, 0.717) is 0 Å². The largest absolute Gasteiger partial charge is 0.378 e. The van der Waals surface area contributed by atoms with Gasteiger partial charge in [0.05, 0.1) is 0 Å². The fraction of sp³-hybridized carbons (Fsp3) is 0.158. The number of halogens is 1. The molecular weight excluding hydrogens is 278 g/mol. The molecule has 3 aromatic rings. The van der Waals surface area contributed by atoms with Crippen molar-refractivity contribution in [2.24, 2.45) is 0 Å². The van der Waals surface area contributed by atoms with Gasteiger partial charge >= 0.3 is 0 Å². The van der Waals surface area contributed by atoms with Gasteiger partial charge in [0.2, 0.25) is 0 Å². The average molecular weight is 296 g/mol. The van der Waals surface area contributed by atoms with Crippen molar-refractivity contribution in [2.75, 3.05) is 5.32 Å². The Hall–Kier alpha value is -1.99. The maximum atomic E-state index is 6.08. The van der Waals surface area contributed by atoms with Gasteiger partial charge in [-0.3, -0.25) is 0 Å². The van der Waals surface area contributed by atoms with E-state index in [1.807, 2.05) is 18.2 Å². The molecule has 3 aromatic carbocycles. The van der Waals surface area contributed by atoms with Gasteiger partial charge in [0.25, 0.3) is 0 Å². The fourth-order valence-electron chi connectivity index (χ4n) is 2.54. The lowest BCUT2D eigenvalue weighted by atomic mass is 10.0. The molecule has 0 saturated carbocycles. The highest BCUT2D eigenvalue weighted by Crippen LogP contribution is 2.26. The number of aryl methyl sites for hydroxylation is 1. The van der Waals surface area contributed by atoms with Crippen molar-refractivity contribution in [2.45, 2.75) is 19.9 Å². The van der Waals surface area contributed by atoms with Crippen LogP contribution in [0.1, 0.15) is 24.1 Å². The first-order valence-corrected chi connectivity index (χ1v) is 7.53. The van der Waals surface area contributed by atoms with E-state index in [1.54, 1.807) is 0 Å². The summed E-state index contributed by atoms with van der Waals surface area (Å²) in [6.07, 6.45) is 0. The number of nitrogens with one attached hydrogen (secondary N) is 1. The van der Waals surface area contributed by atoms with Gasteiger partial charge in [0.1, 0.15) is 0 Å². The first kappa shape index (κ1) is 14.0. The smallest absolute Gasteiger partial charge is 0.0485 e. The van der Waals surface area contributed by atoms with Gasteiger partial charge in [0.15, 0.2) is 0 Å². The minimum atomic E-state index is 0.228. The molecule has 1 unspecified atom stereocenters. The molecule has 0 bridgehead atoms. The van der Waals surface area contributed by atoms with Crippen LogP contribution in [0, 0.1) is 6.92 Å². The highest BCUT2D eigenvalue weighted by atomic mass is 35.5. The molecule has 0 amide bonds. The lowest BCUT2D eigenvalue weighted by Gasteiger charge is -2.18. The lowest BCUT2D eigenvalue weighted by molar-refractivity contribution is 0.885. The number of anilines is 1. The summed E-state index contributed by atoms with van der Waals surface area (Å²) < 4.78 is 0. The molecule has 3 rings (SSSR count). The van der Waals surface area contributed by atoms with Gasteiger partial charge in [-0.1, -0.05) is 54.1 Å². The Kier molecular flexibility index (Phi) is 3.85. The number of rotatable bonds is 3. The Morgan fingerprint density at radius 3 is 2.48 bits per heavy atom. The zero-order chi connectivity index (χ0) is 14.8. The molecule has 0 radical (unpaired) electrons. The molecule has 21 heavy (non-hydrogen) atoms. The Morgan fingerprint density at radius 1 is 0.905 bits per heavy atom. The molecule has 106 valence electrons. The first-order chi connectivity index (χ1) is 10.1. The van der Waals surface area contributed by atoms with Crippen LogP contribution in [0.2, 0.25) is 5.02 Å². The minimum Gasteiger partial charge on any atom is -0.378 e. The Labute approximate surface area is 130 Å². The lowest BCUT2D eigenvalue weighted by Crippen LogP contribution is -2.07. The van der Waals surface area contributed by atoms with Crippen molar-refractivity contribution in [1.29, 1.82) is 0 Å². The van der Waals surface area contributed by atoms with Gasteiger partial charge < -0.3 is 5.32 Å². The Morgan fingerprint density at radius 2 is 1.67 bits per heavy atom. The van der Waals surface area contributed by atoms with Crippen molar-refractivity contribution in [3.8, 4) is 0 Å². The zero-order valence-electron chi connectivity index (χ0n) is 12.2. The standard InChI is InChI=1S/C19H18ClN/c1-13-7-10-18(20)12-19(13)21-14(2)16-9-8-15-5-3-4-6-17(15)11-16/h3-12,14,21H,1-2H3. The Balaban J connectivity index is 1.89. The summed E-state index contributed by atoms with van der Waals surface area (Å²) in [5, 5.41) is 6.85. The quantitative estimate of drug-likeness (QED) is 0.627. The highest BCUT2D eigenvalue weighted by Gasteiger charge is 2.08. The second kappa shape index (κ2) is 5.79. The van der Waals surface area contributed by atoms with E-state index in [-0.39, 0.29) is 6.04 Å². The van der Waals surface area contributed by atoms with E-state index in [4.69, 9.17) is 11.6 Å². The molecule has 1 nitrogen and oxygen atoms in total. The topological polar surface area (TPSA) is 12.0 Å². The van der Waals surface area contributed by atoms with Gasteiger partial charge in [0, 0.05) is 16.8 Å². The third-order valence-corrected chi connectivity index (χ3v) is 4.08. The molecule has 0 fully saturated rings. The molecule has 0 aliphatic carbocycles.